The molecule has 0 amide bonds. The van der Waals surface area contributed by atoms with Crippen LogP contribution in [0.2, 0.25) is 0 Å². The van der Waals surface area contributed by atoms with Gasteiger partial charge in [-0.2, -0.15) is 5.10 Å². The van der Waals surface area contributed by atoms with Crippen LogP contribution in [0.15, 0.2) is 12.4 Å². The Morgan fingerprint density at radius 1 is 1.54 bits per heavy atom. The van der Waals surface area contributed by atoms with Crippen molar-refractivity contribution in [2.45, 2.75) is 38.6 Å². The maximum absolute atomic E-state index is 5.56. The molecule has 0 radical (unpaired) electrons. The molecule has 2 N–H and O–H groups in total. The van der Waals surface area contributed by atoms with Gasteiger partial charge in [-0.3, -0.25) is 4.68 Å². The van der Waals surface area contributed by atoms with E-state index in [9.17, 15) is 0 Å². The minimum absolute atomic E-state index is 0.767. The number of nitrogens with two attached hydrogens (primary N) is 1. The zero-order valence-corrected chi connectivity index (χ0v) is 7.95. The second-order valence-electron chi connectivity index (χ2n) is 3.98. The predicted octanol–water partition coefficient (Wildman–Crippen LogP) is 2.05. The normalized spacial score (nSPS) is 17.2. The van der Waals surface area contributed by atoms with Gasteiger partial charge < -0.3 is 5.73 Å². The molecule has 0 aliphatic heterocycles. The van der Waals surface area contributed by atoms with Crippen molar-refractivity contribution in [2.75, 3.05) is 5.73 Å². The van der Waals surface area contributed by atoms with Gasteiger partial charge in [0.15, 0.2) is 0 Å². The second kappa shape index (κ2) is 3.81. The Morgan fingerprint density at radius 3 is 2.92 bits per heavy atom. The fraction of sp³-hybridized carbons (Fsp3) is 0.700. The first-order chi connectivity index (χ1) is 6.34. The van der Waals surface area contributed by atoms with Crippen molar-refractivity contribution in [1.82, 2.24) is 9.78 Å². The lowest BCUT2D eigenvalue weighted by Crippen LogP contribution is -2.11. The van der Waals surface area contributed by atoms with Crippen molar-refractivity contribution in [2.24, 2.45) is 5.92 Å². The number of aryl methyl sites for hydroxylation is 1. The number of hydrogen-bond acceptors (Lipinski definition) is 2. The largest absolute Gasteiger partial charge is 0.396 e. The fourth-order valence-electron chi connectivity index (χ4n) is 1.83. The molecule has 3 nitrogen and oxygen atoms in total. The van der Waals surface area contributed by atoms with Crippen LogP contribution >= 0.6 is 0 Å². The van der Waals surface area contributed by atoms with Crippen molar-refractivity contribution in [3.8, 4) is 0 Å². The Balaban J connectivity index is 1.67. The minimum atomic E-state index is 0.767. The molecule has 0 unspecified atom stereocenters. The second-order valence-corrected chi connectivity index (χ2v) is 3.98. The Kier molecular flexibility index (Phi) is 2.52. The molecule has 1 saturated carbocycles. The zero-order valence-electron chi connectivity index (χ0n) is 7.95. The van der Waals surface area contributed by atoms with Crippen LogP contribution in [-0.2, 0) is 6.54 Å². The number of nitrogens with zero attached hydrogens (tertiary/aromatic N) is 2. The topological polar surface area (TPSA) is 43.8 Å². The van der Waals surface area contributed by atoms with Gasteiger partial charge in [0.05, 0.1) is 11.9 Å². The summed E-state index contributed by atoms with van der Waals surface area (Å²) in [6, 6.07) is 0. The molecule has 1 heterocycles. The van der Waals surface area contributed by atoms with Crippen molar-refractivity contribution in [1.29, 1.82) is 0 Å². The van der Waals surface area contributed by atoms with E-state index in [1.165, 1.54) is 32.1 Å². The van der Waals surface area contributed by atoms with Gasteiger partial charge in [0.1, 0.15) is 0 Å². The van der Waals surface area contributed by atoms with Gasteiger partial charge in [0, 0.05) is 12.7 Å². The molecule has 0 bridgehead atoms. The number of nitrogen functional groups attached to an aromatic ring is 1. The lowest BCUT2D eigenvalue weighted by atomic mass is 9.82. The smallest absolute Gasteiger partial charge is 0.0719 e. The number of rotatable bonds is 4. The van der Waals surface area contributed by atoms with Crippen LogP contribution in [0.25, 0.3) is 0 Å². The number of hydrogen-bond donors (Lipinski definition) is 1. The molecule has 2 rings (SSSR count). The van der Waals surface area contributed by atoms with Crippen molar-refractivity contribution in [3.05, 3.63) is 12.4 Å². The first-order valence-electron chi connectivity index (χ1n) is 5.12. The van der Waals surface area contributed by atoms with E-state index in [0.29, 0.717) is 0 Å². The van der Waals surface area contributed by atoms with Crippen LogP contribution in [-0.4, -0.2) is 9.78 Å². The highest BCUT2D eigenvalue weighted by molar-refractivity contribution is 5.30. The average molecular weight is 179 g/mol. The van der Waals surface area contributed by atoms with Crippen LogP contribution < -0.4 is 5.73 Å². The molecule has 1 aliphatic carbocycles. The van der Waals surface area contributed by atoms with E-state index < -0.39 is 0 Å². The van der Waals surface area contributed by atoms with Crippen molar-refractivity contribution >= 4 is 5.69 Å². The molecule has 1 aromatic heterocycles. The Labute approximate surface area is 78.9 Å². The third-order valence-electron chi connectivity index (χ3n) is 2.88. The summed E-state index contributed by atoms with van der Waals surface area (Å²) in [5, 5.41) is 4.15. The van der Waals surface area contributed by atoms with Gasteiger partial charge in [0.2, 0.25) is 0 Å². The number of anilines is 1. The SMILES string of the molecule is Nc1cnn(CCCC2CCC2)c1. The zero-order chi connectivity index (χ0) is 9.10. The highest BCUT2D eigenvalue weighted by Crippen LogP contribution is 2.30. The van der Waals surface area contributed by atoms with Gasteiger partial charge in [-0.1, -0.05) is 19.3 Å². The van der Waals surface area contributed by atoms with Gasteiger partial charge in [-0.05, 0) is 18.8 Å². The maximum atomic E-state index is 5.56. The quantitative estimate of drug-likeness (QED) is 0.768. The van der Waals surface area contributed by atoms with Gasteiger partial charge in [-0.25, -0.2) is 0 Å². The molecule has 0 saturated heterocycles. The highest BCUT2D eigenvalue weighted by atomic mass is 15.3. The van der Waals surface area contributed by atoms with Crippen LogP contribution in [0, 0.1) is 5.92 Å². The molecule has 1 aromatic rings. The summed E-state index contributed by atoms with van der Waals surface area (Å²) in [7, 11) is 0. The predicted molar refractivity (Wildman–Crippen MR) is 53.2 cm³/mol. The first kappa shape index (κ1) is 8.60. The molecular weight excluding hydrogens is 162 g/mol. The summed E-state index contributed by atoms with van der Waals surface area (Å²) in [5.41, 5.74) is 6.33. The fourth-order valence-corrected chi connectivity index (χ4v) is 1.83. The number of aromatic nitrogens is 2. The lowest BCUT2D eigenvalue weighted by molar-refractivity contribution is 0.283. The standard InChI is InChI=1S/C10H17N3/c11-10-7-12-13(8-10)6-2-5-9-3-1-4-9/h7-9H,1-6,11H2. The molecule has 1 fully saturated rings. The maximum Gasteiger partial charge on any atom is 0.0719 e. The molecule has 1 aliphatic rings. The van der Waals surface area contributed by atoms with Crippen LogP contribution in [0.5, 0.6) is 0 Å². The Hall–Kier alpha value is -0.990. The van der Waals surface area contributed by atoms with E-state index in [1.807, 2.05) is 10.9 Å². The van der Waals surface area contributed by atoms with E-state index in [-0.39, 0.29) is 0 Å². The average Bonchev–Trinajstić information content (AvgIpc) is 2.42. The monoisotopic (exact) mass is 179 g/mol. The Bertz CT molecular complexity index is 263. The summed E-state index contributed by atoms with van der Waals surface area (Å²) >= 11 is 0. The third-order valence-corrected chi connectivity index (χ3v) is 2.88. The highest BCUT2D eigenvalue weighted by Gasteiger charge is 2.16. The van der Waals surface area contributed by atoms with E-state index in [4.69, 9.17) is 5.73 Å². The van der Waals surface area contributed by atoms with E-state index in [2.05, 4.69) is 5.10 Å². The molecule has 0 atom stereocenters. The molecule has 0 aromatic carbocycles. The van der Waals surface area contributed by atoms with Gasteiger partial charge in [0.25, 0.3) is 0 Å². The summed E-state index contributed by atoms with van der Waals surface area (Å²) in [4.78, 5) is 0. The first-order valence-corrected chi connectivity index (χ1v) is 5.12. The van der Waals surface area contributed by atoms with E-state index >= 15 is 0 Å². The molecule has 72 valence electrons. The Morgan fingerprint density at radius 2 is 2.38 bits per heavy atom. The third kappa shape index (κ3) is 2.23. The molecule has 0 spiro atoms. The van der Waals surface area contributed by atoms with Crippen LogP contribution in [0.4, 0.5) is 5.69 Å². The summed E-state index contributed by atoms with van der Waals surface area (Å²) in [6.45, 7) is 1.02. The minimum Gasteiger partial charge on any atom is -0.396 e. The summed E-state index contributed by atoms with van der Waals surface area (Å²) in [5.74, 6) is 1.01. The molecule has 3 heteroatoms. The summed E-state index contributed by atoms with van der Waals surface area (Å²) < 4.78 is 1.94. The lowest BCUT2D eigenvalue weighted by Gasteiger charge is -2.24. The molecule has 13 heavy (non-hydrogen) atoms. The van der Waals surface area contributed by atoms with E-state index in [0.717, 1.165) is 18.2 Å². The van der Waals surface area contributed by atoms with Crippen LogP contribution in [0.1, 0.15) is 32.1 Å². The van der Waals surface area contributed by atoms with Gasteiger partial charge >= 0.3 is 0 Å². The van der Waals surface area contributed by atoms with E-state index in [1.54, 1.807) is 6.20 Å². The molecular formula is C10H17N3. The van der Waals surface area contributed by atoms with Crippen molar-refractivity contribution in [3.63, 3.8) is 0 Å². The van der Waals surface area contributed by atoms with Crippen molar-refractivity contribution < 1.29 is 0 Å². The van der Waals surface area contributed by atoms with Crippen LogP contribution in [0.3, 0.4) is 0 Å². The summed E-state index contributed by atoms with van der Waals surface area (Å²) in [6.07, 6.45) is 10.6. The van der Waals surface area contributed by atoms with Gasteiger partial charge in [-0.15, -0.1) is 0 Å².